The van der Waals surface area contributed by atoms with Crippen LogP contribution in [0.5, 0.6) is 0 Å². The van der Waals surface area contributed by atoms with Gasteiger partial charge in [-0.15, -0.1) is 0 Å². The third kappa shape index (κ3) is 5.23. The van der Waals surface area contributed by atoms with Crippen LogP contribution in [-0.2, 0) is 28.6 Å². The highest BCUT2D eigenvalue weighted by molar-refractivity contribution is 5.92. The number of carbonyl (C=O) groups excluding carboxylic acids is 3. The summed E-state index contributed by atoms with van der Waals surface area (Å²) in [7, 11) is 0. The Hall–Kier alpha value is -2.67. The summed E-state index contributed by atoms with van der Waals surface area (Å²) in [5.74, 6) is -2.25. The second-order valence-corrected chi connectivity index (χ2v) is 7.43. The largest absolute Gasteiger partial charge is 0.458 e. The smallest absolute Gasteiger partial charge is 0.334 e. The van der Waals surface area contributed by atoms with Crippen molar-refractivity contribution in [2.75, 3.05) is 0 Å². The fourth-order valence-electron chi connectivity index (χ4n) is 3.33. The first-order valence-corrected chi connectivity index (χ1v) is 9.50. The molecule has 7 heteroatoms. The summed E-state index contributed by atoms with van der Waals surface area (Å²) in [6.45, 7) is 11.9. The van der Waals surface area contributed by atoms with Crippen molar-refractivity contribution in [1.82, 2.24) is 0 Å². The van der Waals surface area contributed by atoms with Gasteiger partial charge in [0.05, 0.1) is 12.0 Å². The normalized spacial score (nSPS) is 34.1. The van der Waals surface area contributed by atoms with Gasteiger partial charge >= 0.3 is 17.9 Å². The summed E-state index contributed by atoms with van der Waals surface area (Å²) in [5, 5.41) is 10.6. The van der Waals surface area contributed by atoms with Gasteiger partial charge in [-0.3, -0.25) is 4.79 Å². The molecule has 0 aromatic carbocycles. The lowest BCUT2D eigenvalue weighted by molar-refractivity contribution is -0.147. The molecule has 1 heterocycles. The van der Waals surface area contributed by atoms with Crippen molar-refractivity contribution in [2.45, 2.75) is 65.5 Å². The number of hydrogen-bond acceptors (Lipinski definition) is 7. The van der Waals surface area contributed by atoms with Crippen LogP contribution in [0.15, 0.2) is 47.1 Å². The highest BCUT2D eigenvalue weighted by Gasteiger charge is 2.44. The molecule has 0 radical (unpaired) electrons. The van der Waals surface area contributed by atoms with Gasteiger partial charge in [0.25, 0.3) is 0 Å². The van der Waals surface area contributed by atoms with Gasteiger partial charge in [0.1, 0.15) is 18.3 Å². The van der Waals surface area contributed by atoms with E-state index in [1.807, 2.05) is 0 Å². The highest BCUT2D eigenvalue weighted by atomic mass is 16.6. The number of hydrogen-bond donors (Lipinski definition) is 1. The van der Waals surface area contributed by atoms with Gasteiger partial charge in [0.15, 0.2) is 0 Å². The minimum atomic E-state index is -0.936. The second kappa shape index (κ2) is 9.22. The molecule has 7 nitrogen and oxygen atoms in total. The Bertz CT molecular complexity index is 802. The van der Waals surface area contributed by atoms with E-state index in [4.69, 9.17) is 14.2 Å². The van der Waals surface area contributed by atoms with E-state index in [0.29, 0.717) is 16.7 Å². The van der Waals surface area contributed by atoms with Crippen molar-refractivity contribution in [3.05, 3.63) is 47.1 Å². The molecule has 0 amide bonds. The maximum atomic E-state index is 12.4. The van der Waals surface area contributed by atoms with Crippen LogP contribution < -0.4 is 0 Å². The van der Waals surface area contributed by atoms with E-state index in [1.54, 1.807) is 45.9 Å². The summed E-state index contributed by atoms with van der Waals surface area (Å²) in [6.07, 6.45) is 1.82. The van der Waals surface area contributed by atoms with Gasteiger partial charge < -0.3 is 19.3 Å². The molecule has 2 rings (SSSR count). The van der Waals surface area contributed by atoms with Gasteiger partial charge in [0, 0.05) is 24.5 Å². The lowest BCUT2D eigenvalue weighted by Crippen LogP contribution is -2.34. The molecular weight excluding hydrogens is 376 g/mol. The Balaban J connectivity index is 2.52. The van der Waals surface area contributed by atoms with Crippen LogP contribution in [0.1, 0.15) is 41.0 Å². The molecule has 158 valence electrons. The van der Waals surface area contributed by atoms with E-state index in [-0.39, 0.29) is 12.0 Å². The van der Waals surface area contributed by atoms with Crippen LogP contribution in [0.4, 0.5) is 0 Å². The molecule has 0 bridgehead atoms. The van der Waals surface area contributed by atoms with E-state index < -0.39 is 48.2 Å². The molecular formula is C22H28O7. The summed E-state index contributed by atoms with van der Waals surface area (Å²) in [6, 6.07) is 0. The molecule has 29 heavy (non-hydrogen) atoms. The molecule has 0 aromatic heterocycles. The van der Waals surface area contributed by atoms with Gasteiger partial charge in [-0.1, -0.05) is 12.7 Å². The molecule has 0 spiro atoms. The number of rotatable bonds is 3. The molecule has 1 aliphatic heterocycles. The minimum absolute atomic E-state index is 0.130. The van der Waals surface area contributed by atoms with Gasteiger partial charge in [-0.2, -0.15) is 0 Å². The zero-order valence-electron chi connectivity index (χ0n) is 17.4. The summed E-state index contributed by atoms with van der Waals surface area (Å²) >= 11 is 0. The van der Waals surface area contributed by atoms with E-state index in [1.165, 1.54) is 6.92 Å². The molecule has 1 saturated heterocycles. The average molecular weight is 404 g/mol. The van der Waals surface area contributed by atoms with Crippen molar-refractivity contribution in [3.8, 4) is 0 Å². The van der Waals surface area contributed by atoms with Crippen LogP contribution in [0.25, 0.3) is 0 Å². The van der Waals surface area contributed by atoms with Gasteiger partial charge in [0.2, 0.25) is 0 Å². The van der Waals surface area contributed by atoms with Crippen molar-refractivity contribution < 1.29 is 33.7 Å². The Morgan fingerprint density at radius 2 is 1.86 bits per heavy atom. The number of esters is 3. The SMILES string of the molecule is C=C1C(=O)O[C@@H]2/C=C(\C)[C@@H](OC(C)=O)C[C@H](O)/C(C)=C/[C@@H](OC(=O)/C(C)=C\C)[C@H]12. The van der Waals surface area contributed by atoms with Gasteiger partial charge in [-0.25, -0.2) is 9.59 Å². The lowest BCUT2D eigenvalue weighted by Gasteiger charge is -2.29. The molecule has 0 aromatic rings. The fraction of sp³-hybridized carbons (Fsp3) is 0.500. The zero-order chi connectivity index (χ0) is 21.9. The predicted octanol–water partition coefficient (Wildman–Crippen LogP) is 2.55. The van der Waals surface area contributed by atoms with Crippen LogP contribution in [0, 0.1) is 5.92 Å². The Morgan fingerprint density at radius 1 is 1.21 bits per heavy atom. The Morgan fingerprint density at radius 3 is 2.45 bits per heavy atom. The van der Waals surface area contributed by atoms with Gasteiger partial charge in [-0.05, 0) is 51.0 Å². The molecule has 0 saturated carbocycles. The Labute approximate surface area is 170 Å². The van der Waals surface area contributed by atoms with Crippen molar-refractivity contribution in [3.63, 3.8) is 0 Å². The summed E-state index contributed by atoms with van der Waals surface area (Å²) < 4.78 is 16.4. The zero-order valence-corrected chi connectivity index (χ0v) is 17.4. The molecule has 2 aliphatic rings. The minimum Gasteiger partial charge on any atom is -0.458 e. The highest BCUT2D eigenvalue weighted by Crippen LogP contribution is 2.36. The Kier molecular flexibility index (Phi) is 7.19. The third-order valence-corrected chi connectivity index (χ3v) is 5.25. The number of allylic oxidation sites excluding steroid dienone is 1. The maximum Gasteiger partial charge on any atom is 0.334 e. The van der Waals surface area contributed by atoms with Crippen LogP contribution >= 0.6 is 0 Å². The second-order valence-electron chi connectivity index (χ2n) is 7.43. The first-order chi connectivity index (χ1) is 13.5. The number of fused-ring (bicyclic) bond motifs is 1. The lowest BCUT2D eigenvalue weighted by atomic mass is 9.85. The van der Waals surface area contributed by atoms with E-state index in [0.717, 1.165) is 0 Å². The molecule has 0 unspecified atom stereocenters. The van der Waals surface area contributed by atoms with Crippen LogP contribution in [-0.4, -0.2) is 47.4 Å². The number of aliphatic hydroxyl groups is 1. The predicted molar refractivity (Wildman–Crippen MR) is 106 cm³/mol. The molecule has 5 atom stereocenters. The summed E-state index contributed by atoms with van der Waals surface area (Å²) in [4.78, 5) is 36.1. The van der Waals surface area contributed by atoms with E-state index in [2.05, 4.69) is 6.58 Å². The standard InChI is InChI=1S/C22H28O7/c1-7-11(2)21(25)28-18-8-12(3)16(24)10-17(27-15(6)23)13(4)9-19-20(18)14(5)22(26)29-19/h7-9,16-20,24H,5,10H2,1-4,6H3/b11-7-,12-8+,13-9+/t16-,17-,18+,19+,20-/m0/s1. The number of aliphatic hydroxyl groups excluding tert-OH is 1. The molecule has 1 N–H and O–H groups in total. The van der Waals surface area contributed by atoms with Crippen LogP contribution in [0.2, 0.25) is 0 Å². The van der Waals surface area contributed by atoms with E-state index in [9.17, 15) is 19.5 Å². The summed E-state index contributed by atoms with van der Waals surface area (Å²) in [5.41, 5.74) is 1.75. The maximum absolute atomic E-state index is 12.4. The van der Waals surface area contributed by atoms with Crippen LogP contribution in [0.3, 0.4) is 0 Å². The molecule has 1 aliphatic carbocycles. The number of carbonyl (C=O) groups is 3. The topological polar surface area (TPSA) is 99.1 Å². The van der Waals surface area contributed by atoms with Crippen molar-refractivity contribution >= 4 is 17.9 Å². The quantitative estimate of drug-likeness (QED) is 0.334. The third-order valence-electron chi connectivity index (χ3n) is 5.25. The molecule has 1 fully saturated rings. The van der Waals surface area contributed by atoms with Crippen molar-refractivity contribution in [1.29, 1.82) is 0 Å². The van der Waals surface area contributed by atoms with Crippen molar-refractivity contribution in [2.24, 2.45) is 5.92 Å². The first-order valence-electron chi connectivity index (χ1n) is 9.50. The average Bonchev–Trinajstić information content (AvgIpc) is 2.92. The monoisotopic (exact) mass is 404 g/mol. The van der Waals surface area contributed by atoms with E-state index >= 15 is 0 Å². The first kappa shape index (κ1) is 22.6. The number of ether oxygens (including phenoxy) is 3. The fourth-order valence-corrected chi connectivity index (χ4v) is 3.33.